The summed E-state index contributed by atoms with van der Waals surface area (Å²) in [5, 5.41) is 0. The molecule has 1 spiro atoms. The molecule has 1 aliphatic carbocycles. The predicted octanol–water partition coefficient (Wildman–Crippen LogP) is 1.65. The quantitative estimate of drug-likeness (QED) is 0.444. The maximum atomic E-state index is 3.90. The van der Waals surface area contributed by atoms with Crippen molar-refractivity contribution in [3.8, 4) is 0 Å². The number of likely N-dealkylation sites (tertiary alicyclic amines) is 1. The average molecular weight is 124 g/mol. The van der Waals surface area contributed by atoms with Gasteiger partial charge in [-0.1, -0.05) is 12.8 Å². The van der Waals surface area contributed by atoms with Gasteiger partial charge in [0.05, 0.1) is 0 Å². The van der Waals surface area contributed by atoms with Crippen LogP contribution in [0.2, 0.25) is 0 Å². The van der Waals surface area contributed by atoms with E-state index in [0.29, 0.717) is 0 Å². The van der Waals surface area contributed by atoms with Crippen molar-refractivity contribution in [1.82, 2.24) is 4.90 Å². The van der Waals surface area contributed by atoms with Crippen molar-refractivity contribution in [2.24, 2.45) is 5.41 Å². The Morgan fingerprint density at radius 3 is 2.11 bits per heavy atom. The van der Waals surface area contributed by atoms with Crippen LogP contribution >= 0.6 is 0 Å². The van der Waals surface area contributed by atoms with Crippen molar-refractivity contribution in [1.29, 1.82) is 0 Å². The van der Waals surface area contributed by atoms with Crippen molar-refractivity contribution in [2.75, 3.05) is 13.1 Å². The van der Waals surface area contributed by atoms with Gasteiger partial charge in [0.15, 0.2) is 0 Å². The molecule has 1 heteroatoms. The van der Waals surface area contributed by atoms with Crippen molar-refractivity contribution < 1.29 is 0 Å². The van der Waals surface area contributed by atoms with Gasteiger partial charge in [0.25, 0.3) is 0 Å². The molecule has 9 heavy (non-hydrogen) atoms. The molecule has 2 fully saturated rings. The molecule has 0 aromatic rings. The van der Waals surface area contributed by atoms with E-state index in [1.165, 1.54) is 38.8 Å². The van der Waals surface area contributed by atoms with Crippen LogP contribution in [0.4, 0.5) is 0 Å². The van der Waals surface area contributed by atoms with E-state index in [-0.39, 0.29) is 0 Å². The molecule has 52 valence electrons. The summed E-state index contributed by atoms with van der Waals surface area (Å²) in [6, 6.07) is 0. The standard InChI is InChI=1S/C8H14N/c1-9-6-8(7-9)4-2-3-5-8/h1-7H2/q-1. The van der Waals surface area contributed by atoms with E-state index in [1.54, 1.807) is 0 Å². The molecule has 0 N–H and O–H groups in total. The lowest BCUT2D eigenvalue weighted by Gasteiger charge is -2.52. The monoisotopic (exact) mass is 124 g/mol. The zero-order chi connectivity index (χ0) is 6.32. The van der Waals surface area contributed by atoms with Crippen LogP contribution in [0.5, 0.6) is 0 Å². The topological polar surface area (TPSA) is 3.24 Å². The van der Waals surface area contributed by atoms with Crippen LogP contribution in [-0.4, -0.2) is 18.0 Å². The fourth-order valence-corrected chi connectivity index (χ4v) is 2.34. The number of hydrogen-bond donors (Lipinski definition) is 0. The third-order valence-corrected chi connectivity index (χ3v) is 2.78. The van der Waals surface area contributed by atoms with E-state index in [2.05, 4.69) is 11.9 Å². The van der Waals surface area contributed by atoms with Crippen LogP contribution < -0.4 is 0 Å². The second kappa shape index (κ2) is 1.72. The molecule has 0 aromatic carbocycles. The molecule has 1 saturated carbocycles. The highest BCUT2D eigenvalue weighted by atomic mass is 15.2. The second-order valence-electron chi connectivity index (χ2n) is 3.69. The first-order chi connectivity index (χ1) is 4.31. The van der Waals surface area contributed by atoms with Gasteiger partial charge >= 0.3 is 0 Å². The Morgan fingerprint density at radius 1 is 1.11 bits per heavy atom. The molecule has 1 aliphatic heterocycles. The molecule has 0 aromatic heterocycles. The van der Waals surface area contributed by atoms with Gasteiger partial charge in [-0.25, -0.2) is 0 Å². The maximum Gasteiger partial charge on any atom is -0.00907 e. The highest BCUT2D eigenvalue weighted by Gasteiger charge is 2.39. The Labute approximate surface area is 57.0 Å². The smallest absolute Gasteiger partial charge is 0.00907 e. The summed E-state index contributed by atoms with van der Waals surface area (Å²) in [7, 11) is 3.90. The third kappa shape index (κ3) is 0.787. The average Bonchev–Trinajstić information content (AvgIpc) is 2.12. The van der Waals surface area contributed by atoms with Crippen LogP contribution in [0, 0.1) is 12.5 Å². The predicted molar refractivity (Wildman–Crippen MR) is 37.8 cm³/mol. The zero-order valence-corrected chi connectivity index (χ0v) is 5.90. The molecule has 1 nitrogen and oxygen atoms in total. The Hall–Kier alpha value is -0.0400. The minimum absolute atomic E-state index is 0.752. The van der Waals surface area contributed by atoms with Gasteiger partial charge in [0.2, 0.25) is 0 Å². The Morgan fingerprint density at radius 2 is 1.67 bits per heavy atom. The lowest BCUT2D eigenvalue weighted by Crippen LogP contribution is -2.51. The molecule has 1 heterocycles. The summed E-state index contributed by atoms with van der Waals surface area (Å²) in [6.07, 6.45) is 5.87. The van der Waals surface area contributed by atoms with E-state index in [0.717, 1.165) is 5.41 Å². The van der Waals surface area contributed by atoms with Gasteiger partial charge in [-0.3, -0.25) is 7.05 Å². The lowest BCUT2D eigenvalue weighted by molar-refractivity contribution is 0.0445. The Bertz CT molecular complexity index is 106. The molecule has 2 rings (SSSR count). The highest BCUT2D eigenvalue weighted by Crippen LogP contribution is 2.44. The Kier molecular flexibility index (Phi) is 1.10. The summed E-state index contributed by atoms with van der Waals surface area (Å²) in [5.74, 6) is 0. The van der Waals surface area contributed by atoms with Crippen LogP contribution in [0.3, 0.4) is 0 Å². The van der Waals surface area contributed by atoms with E-state index in [9.17, 15) is 0 Å². The van der Waals surface area contributed by atoms with E-state index < -0.39 is 0 Å². The zero-order valence-electron chi connectivity index (χ0n) is 5.90. The van der Waals surface area contributed by atoms with Crippen molar-refractivity contribution >= 4 is 0 Å². The molecule has 0 amide bonds. The van der Waals surface area contributed by atoms with E-state index >= 15 is 0 Å². The van der Waals surface area contributed by atoms with Gasteiger partial charge < -0.3 is 4.90 Å². The molecule has 0 unspecified atom stereocenters. The van der Waals surface area contributed by atoms with Gasteiger partial charge in [-0.2, -0.15) is 0 Å². The minimum atomic E-state index is 0.752. The van der Waals surface area contributed by atoms with Crippen molar-refractivity contribution in [3.05, 3.63) is 7.05 Å². The summed E-state index contributed by atoms with van der Waals surface area (Å²) < 4.78 is 0. The first-order valence-corrected chi connectivity index (χ1v) is 3.86. The van der Waals surface area contributed by atoms with Gasteiger partial charge in [-0.15, -0.1) is 0 Å². The molecule has 2 aliphatic rings. The van der Waals surface area contributed by atoms with Crippen LogP contribution in [-0.2, 0) is 0 Å². The summed E-state index contributed by atoms with van der Waals surface area (Å²) in [4.78, 5) is 2.19. The summed E-state index contributed by atoms with van der Waals surface area (Å²) in [5.41, 5.74) is 0.752. The van der Waals surface area contributed by atoms with Gasteiger partial charge in [0.1, 0.15) is 0 Å². The molecule has 0 radical (unpaired) electrons. The van der Waals surface area contributed by atoms with Crippen molar-refractivity contribution in [3.63, 3.8) is 0 Å². The summed E-state index contributed by atoms with van der Waals surface area (Å²) >= 11 is 0. The van der Waals surface area contributed by atoms with Gasteiger partial charge in [0, 0.05) is 0 Å². The minimum Gasteiger partial charge on any atom is -0.458 e. The van der Waals surface area contributed by atoms with Crippen molar-refractivity contribution in [2.45, 2.75) is 25.7 Å². The van der Waals surface area contributed by atoms with Crippen LogP contribution in [0.1, 0.15) is 25.7 Å². The molecular formula is C8H14N-. The van der Waals surface area contributed by atoms with E-state index in [4.69, 9.17) is 0 Å². The van der Waals surface area contributed by atoms with E-state index in [1.807, 2.05) is 0 Å². The highest BCUT2D eigenvalue weighted by molar-refractivity contribution is 4.97. The molecular weight excluding hydrogens is 110 g/mol. The van der Waals surface area contributed by atoms with Crippen LogP contribution in [0.15, 0.2) is 0 Å². The first kappa shape index (κ1) is 5.72. The second-order valence-corrected chi connectivity index (χ2v) is 3.69. The number of nitrogens with zero attached hydrogens (tertiary/aromatic N) is 1. The van der Waals surface area contributed by atoms with Crippen LogP contribution in [0.25, 0.3) is 0 Å². The fourth-order valence-electron chi connectivity index (χ4n) is 2.34. The maximum absolute atomic E-state index is 3.90. The third-order valence-electron chi connectivity index (χ3n) is 2.78. The first-order valence-electron chi connectivity index (χ1n) is 3.86. The molecule has 1 saturated heterocycles. The SMILES string of the molecule is [CH2-]N1CC2(CCCC2)C1. The van der Waals surface area contributed by atoms with Gasteiger partial charge in [-0.05, 0) is 31.3 Å². The summed E-state index contributed by atoms with van der Waals surface area (Å²) in [6.45, 7) is 2.54. The number of rotatable bonds is 0. The molecule has 0 atom stereocenters. The molecule has 0 bridgehead atoms. The largest absolute Gasteiger partial charge is 0.458 e. The Balaban J connectivity index is 1.95. The lowest BCUT2D eigenvalue weighted by atomic mass is 9.79. The number of hydrogen-bond acceptors (Lipinski definition) is 1. The fraction of sp³-hybridized carbons (Fsp3) is 0.875. The normalized spacial score (nSPS) is 33.0.